The molecule has 3 N–H and O–H groups in total. The Kier molecular flexibility index (Phi) is 3.25. The van der Waals surface area contributed by atoms with Crippen molar-refractivity contribution in [3.8, 4) is 5.75 Å². The lowest BCUT2D eigenvalue weighted by Gasteiger charge is -2.17. The molecule has 1 heterocycles. The fourth-order valence-corrected chi connectivity index (χ4v) is 2.43. The van der Waals surface area contributed by atoms with Crippen molar-refractivity contribution in [1.82, 2.24) is 9.97 Å². The first-order chi connectivity index (χ1) is 10.0. The molecule has 0 spiro atoms. The number of benzene rings is 2. The molecule has 0 aliphatic heterocycles. The third-order valence-electron chi connectivity index (χ3n) is 3.44. The summed E-state index contributed by atoms with van der Waals surface area (Å²) in [5, 5.41) is 13.1. The number of hydrogen-bond acceptors (Lipinski definition) is 3. The van der Waals surface area contributed by atoms with Gasteiger partial charge >= 0.3 is 0 Å². The van der Waals surface area contributed by atoms with E-state index in [2.05, 4.69) is 15.3 Å². The van der Waals surface area contributed by atoms with Crippen LogP contribution in [0.1, 0.15) is 24.4 Å². The maximum absolute atomic E-state index is 13.3. The first kappa shape index (κ1) is 13.4. The van der Waals surface area contributed by atoms with Crippen LogP contribution in [0.2, 0.25) is 0 Å². The summed E-state index contributed by atoms with van der Waals surface area (Å²) in [5.41, 5.74) is 3.24. The van der Waals surface area contributed by atoms with Crippen LogP contribution in [0, 0.1) is 12.7 Å². The number of aromatic hydroxyl groups is 1. The number of phenolic OH excluding ortho intramolecular Hbond substituents is 1. The predicted molar refractivity (Wildman–Crippen MR) is 80.9 cm³/mol. The third kappa shape index (κ3) is 2.67. The average Bonchev–Trinajstić information content (AvgIpc) is 2.80. The standard InChI is InChI=1S/C16H16FN3O/c1-9(13-7-11(17)3-6-16(13)21)18-12-4-5-14-15(8-12)20-10(2)19-14/h3-9,18,21H,1-2H3,(H,19,20). The van der Waals surface area contributed by atoms with Crippen LogP contribution in [0.3, 0.4) is 0 Å². The number of imidazole rings is 1. The van der Waals surface area contributed by atoms with Crippen LogP contribution in [-0.2, 0) is 0 Å². The average molecular weight is 285 g/mol. The van der Waals surface area contributed by atoms with Crippen molar-refractivity contribution in [1.29, 1.82) is 0 Å². The lowest BCUT2D eigenvalue weighted by Crippen LogP contribution is -2.07. The normalized spacial score (nSPS) is 12.5. The summed E-state index contributed by atoms with van der Waals surface area (Å²) in [4.78, 5) is 7.52. The molecule has 4 nitrogen and oxygen atoms in total. The highest BCUT2D eigenvalue weighted by Gasteiger charge is 2.12. The van der Waals surface area contributed by atoms with Gasteiger partial charge in [0.05, 0.1) is 17.1 Å². The maximum Gasteiger partial charge on any atom is 0.123 e. The molecule has 1 unspecified atom stereocenters. The molecule has 0 aliphatic rings. The Balaban J connectivity index is 1.88. The van der Waals surface area contributed by atoms with Crippen molar-refractivity contribution in [3.63, 3.8) is 0 Å². The van der Waals surface area contributed by atoms with Gasteiger partial charge in [-0.05, 0) is 50.2 Å². The second kappa shape index (κ2) is 5.09. The van der Waals surface area contributed by atoms with E-state index in [-0.39, 0.29) is 17.6 Å². The molecule has 3 rings (SSSR count). The summed E-state index contributed by atoms with van der Waals surface area (Å²) in [7, 11) is 0. The van der Waals surface area contributed by atoms with E-state index in [0.717, 1.165) is 22.5 Å². The Morgan fingerprint density at radius 2 is 2.05 bits per heavy atom. The van der Waals surface area contributed by atoms with Gasteiger partial charge in [0, 0.05) is 11.3 Å². The van der Waals surface area contributed by atoms with Gasteiger partial charge < -0.3 is 15.4 Å². The van der Waals surface area contributed by atoms with Gasteiger partial charge in [-0.15, -0.1) is 0 Å². The Bertz CT molecular complexity index is 797. The summed E-state index contributed by atoms with van der Waals surface area (Å²) >= 11 is 0. The monoisotopic (exact) mass is 285 g/mol. The third-order valence-corrected chi connectivity index (χ3v) is 3.44. The molecule has 0 fully saturated rings. The van der Waals surface area contributed by atoms with Gasteiger partial charge in [-0.1, -0.05) is 0 Å². The summed E-state index contributed by atoms with van der Waals surface area (Å²) in [6.07, 6.45) is 0. The zero-order chi connectivity index (χ0) is 15.0. The SMILES string of the molecule is Cc1nc2ccc(NC(C)c3cc(F)ccc3O)cc2[nH]1. The molecular weight excluding hydrogens is 269 g/mol. The lowest BCUT2D eigenvalue weighted by molar-refractivity contribution is 0.462. The molecule has 0 radical (unpaired) electrons. The van der Waals surface area contributed by atoms with Crippen molar-refractivity contribution in [3.05, 3.63) is 53.6 Å². The minimum atomic E-state index is -0.365. The van der Waals surface area contributed by atoms with E-state index < -0.39 is 0 Å². The van der Waals surface area contributed by atoms with E-state index in [1.807, 2.05) is 32.0 Å². The fourth-order valence-electron chi connectivity index (χ4n) is 2.43. The van der Waals surface area contributed by atoms with Crippen LogP contribution in [0.25, 0.3) is 11.0 Å². The van der Waals surface area contributed by atoms with Gasteiger partial charge in [-0.25, -0.2) is 9.37 Å². The van der Waals surface area contributed by atoms with Gasteiger partial charge in [-0.2, -0.15) is 0 Å². The van der Waals surface area contributed by atoms with Crippen LogP contribution < -0.4 is 5.32 Å². The van der Waals surface area contributed by atoms with Crippen molar-refractivity contribution in [2.24, 2.45) is 0 Å². The zero-order valence-corrected chi connectivity index (χ0v) is 11.8. The molecule has 1 aromatic heterocycles. The molecule has 21 heavy (non-hydrogen) atoms. The Morgan fingerprint density at radius 1 is 1.24 bits per heavy atom. The van der Waals surface area contributed by atoms with E-state index in [9.17, 15) is 9.50 Å². The highest BCUT2D eigenvalue weighted by Crippen LogP contribution is 2.28. The number of hydrogen-bond donors (Lipinski definition) is 3. The number of aryl methyl sites for hydroxylation is 1. The first-order valence-corrected chi connectivity index (χ1v) is 6.74. The smallest absolute Gasteiger partial charge is 0.123 e. The molecule has 2 aromatic carbocycles. The molecule has 0 aliphatic carbocycles. The van der Waals surface area contributed by atoms with Crippen molar-refractivity contribution in [2.75, 3.05) is 5.32 Å². The second-order valence-corrected chi connectivity index (χ2v) is 5.12. The van der Waals surface area contributed by atoms with E-state index >= 15 is 0 Å². The first-order valence-electron chi connectivity index (χ1n) is 6.74. The lowest BCUT2D eigenvalue weighted by atomic mass is 10.1. The second-order valence-electron chi connectivity index (χ2n) is 5.12. The molecule has 0 saturated carbocycles. The quantitative estimate of drug-likeness (QED) is 0.684. The fraction of sp³-hybridized carbons (Fsp3) is 0.188. The molecule has 0 saturated heterocycles. The highest BCUT2D eigenvalue weighted by atomic mass is 19.1. The zero-order valence-electron chi connectivity index (χ0n) is 11.8. The minimum Gasteiger partial charge on any atom is -0.508 e. The molecule has 0 bridgehead atoms. The van der Waals surface area contributed by atoms with Crippen molar-refractivity contribution in [2.45, 2.75) is 19.9 Å². The van der Waals surface area contributed by atoms with Crippen LogP contribution in [0.5, 0.6) is 5.75 Å². The summed E-state index contributed by atoms with van der Waals surface area (Å²) in [6, 6.07) is 9.50. The van der Waals surface area contributed by atoms with Crippen LogP contribution >= 0.6 is 0 Å². The Morgan fingerprint density at radius 3 is 2.86 bits per heavy atom. The van der Waals surface area contributed by atoms with Gasteiger partial charge in [0.1, 0.15) is 17.4 Å². The van der Waals surface area contributed by atoms with Gasteiger partial charge in [0.2, 0.25) is 0 Å². The number of halogens is 1. The summed E-state index contributed by atoms with van der Waals surface area (Å²) in [6.45, 7) is 3.78. The van der Waals surface area contributed by atoms with Crippen LogP contribution in [-0.4, -0.2) is 15.1 Å². The molecular formula is C16H16FN3O. The van der Waals surface area contributed by atoms with E-state index in [4.69, 9.17) is 0 Å². The van der Waals surface area contributed by atoms with E-state index in [0.29, 0.717) is 5.56 Å². The number of nitrogens with zero attached hydrogens (tertiary/aromatic N) is 1. The molecule has 108 valence electrons. The Labute approximate surface area is 121 Å². The number of H-pyrrole nitrogens is 1. The van der Waals surface area contributed by atoms with E-state index in [1.165, 1.54) is 18.2 Å². The largest absolute Gasteiger partial charge is 0.508 e. The van der Waals surface area contributed by atoms with Gasteiger partial charge in [0.15, 0.2) is 0 Å². The van der Waals surface area contributed by atoms with Crippen LogP contribution in [0.15, 0.2) is 36.4 Å². The molecule has 0 amide bonds. The predicted octanol–water partition coefficient (Wildman–Crippen LogP) is 3.89. The number of fused-ring (bicyclic) bond motifs is 1. The molecule has 1 atom stereocenters. The number of anilines is 1. The number of aromatic nitrogens is 2. The number of rotatable bonds is 3. The minimum absolute atomic E-state index is 0.0786. The van der Waals surface area contributed by atoms with Crippen LogP contribution in [0.4, 0.5) is 10.1 Å². The van der Waals surface area contributed by atoms with Crippen molar-refractivity contribution >= 4 is 16.7 Å². The summed E-state index contributed by atoms with van der Waals surface area (Å²) in [5.74, 6) is 0.573. The highest BCUT2D eigenvalue weighted by molar-refractivity contribution is 5.79. The summed E-state index contributed by atoms with van der Waals surface area (Å²) < 4.78 is 13.3. The maximum atomic E-state index is 13.3. The molecule has 5 heteroatoms. The van der Waals surface area contributed by atoms with Gasteiger partial charge in [0.25, 0.3) is 0 Å². The number of phenols is 1. The van der Waals surface area contributed by atoms with Gasteiger partial charge in [-0.3, -0.25) is 0 Å². The molecule has 3 aromatic rings. The number of aromatic amines is 1. The van der Waals surface area contributed by atoms with E-state index in [1.54, 1.807) is 0 Å². The Hall–Kier alpha value is -2.56. The topological polar surface area (TPSA) is 60.9 Å². The van der Waals surface area contributed by atoms with Crippen molar-refractivity contribution < 1.29 is 9.50 Å². The number of nitrogens with one attached hydrogen (secondary N) is 2.